The second-order valence-corrected chi connectivity index (χ2v) is 5.42. The summed E-state index contributed by atoms with van der Waals surface area (Å²) in [6, 6.07) is 2.57. The zero-order valence-electron chi connectivity index (χ0n) is 11.5. The topological polar surface area (TPSA) is 69.6 Å². The van der Waals surface area contributed by atoms with Crippen molar-refractivity contribution in [2.45, 2.75) is 19.8 Å². The van der Waals surface area contributed by atoms with Gasteiger partial charge in [-0.25, -0.2) is 13.6 Å². The summed E-state index contributed by atoms with van der Waals surface area (Å²) < 4.78 is 27.0. The van der Waals surface area contributed by atoms with Gasteiger partial charge >= 0.3 is 12.0 Å². The average molecular weight is 298 g/mol. The van der Waals surface area contributed by atoms with Crippen molar-refractivity contribution in [2.24, 2.45) is 5.41 Å². The monoisotopic (exact) mass is 298 g/mol. The minimum Gasteiger partial charge on any atom is -0.481 e. The van der Waals surface area contributed by atoms with Crippen molar-refractivity contribution in [3.05, 3.63) is 29.8 Å². The molecule has 0 bridgehead atoms. The normalized spacial score (nSPS) is 22.0. The fraction of sp³-hybridized carbons (Fsp3) is 0.429. The molecule has 2 rings (SSSR count). The van der Waals surface area contributed by atoms with Crippen LogP contribution in [0.25, 0.3) is 0 Å². The Labute approximate surface area is 120 Å². The number of likely N-dealkylation sites (tertiary alicyclic amines) is 1. The number of carboxylic acids is 1. The SMILES string of the molecule is CC1(C(=O)O)CCCN(C(=O)Nc2c(F)cccc2F)C1. The van der Waals surface area contributed by atoms with Crippen LogP contribution in [-0.2, 0) is 4.79 Å². The van der Waals surface area contributed by atoms with Gasteiger partial charge in [-0.05, 0) is 31.9 Å². The lowest BCUT2D eigenvalue weighted by Crippen LogP contribution is -2.49. The van der Waals surface area contributed by atoms with Gasteiger partial charge in [-0.2, -0.15) is 0 Å². The first-order valence-corrected chi connectivity index (χ1v) is 6.57. The van der Waals surface area contributed by atoms with Crippen LogP contribution in [-0.4, -0.2) is 35.1 Å². The number of amides is 2. The molecule has 1 saturated heterocycles. The van der Waals surface area contributed by atoms with Gasteiger partial charge in [0, 0.05) is 13.1 Å². The molecule has 2 amide bonds. The number of piperidine rings is 1. The summed E-state index contributed by atoms with van der Waals surface area (Å²) in [5.74, 6) is -2.74. The van der Waals surface area contributed by atoms with Crippen molar-refractivity contribution in [3.8, 4) is 0 Å². The molecular weight excluding hydrogens is 282 g/mol. The smallest absolute Gasteiger partial charge is 0.322 e. The molecule has 1 aliphatic rings. The quantitative estimate of drug-likeness (QED) is 0.882. The average Bonchev–Trinajstić information content (AvgIpc) is 2.43. The number of halogens is 2. The standard InChI is InChI=1S/C14H16F2N2O3/c1-14(12(19)20)6-3-7-18(8-14)13(21)17-11-9(15)4-2-5-10(11)16/h2,4-5H,3,6-8H2,1H3,(H,17,21)(H,19,20). The number of hydrogen-bond acceptors (Lipinski definition) is 2. The fourth-order valence-electron chi connectivity index (χ4n) is 2.39. The first-order valence-electron chi connectivity index (χ1n) is 6.57. The third-order valence-electron chi connectivity index (χ3n) is 3.69. The van der Waals surface area contributed by atoms with E-state index < -0.39 is 34.7 Å². The zero-order chi connectivity index (χ0) is 15.6. The fourth-order valence-corrected chi connectivity index (χ4v) is 2.39. The van der Waals surface area contributed by atoms with Crippen molar-refractivity contribution in [1.29, 1.82) is 0 Å². The van der Waals surface area contributed by atoms with E-state index in [4.69, 9.17) is 0 Å². The van der Waals surface area contributed by atoms with Gasteiger partial charge in [-0.15, -0.1) is 0 Å². The van der Waals surface area contributed by atoms with Crippen LogP contribution in [0.5, 0.6) is 0 Å². The number of urea groups is 1. The lowest BCUT2D eigenvalue weighted by atomic mass is 9.82. The number of rotatable bonds is 2. The van der Waals surface area contributed by atoms with Gasteiger partial charge in [-0.1, -0.05) is 6.07 Å². The molecule has 114 valence electrons. The molecule has 21 heavy (non-hydrogen) atoms. The molecule has 7 heteroatoms. The molecule has 1 aliphatic heterocycles. The van der Waals surface area contributed by atoms with Crippen LogP contribution < -0.4 is 5.32 Å². The van der Waals surface area contributed by atoms with Gasteiger partial charge in [0.15, 0.2) is 0 Å². The molecule has 1 fully saturated rings. The summed E-state index contributed by atoms with van der Waals surface area (Å²) in [5, 5.41) is 11.4. The molecule has 2 N–H and O–H groups in total. The summed E-state index contributed by atoms with van der Waals surface area (Å²) in [7, 11) is 0. The summed E-state index contributed by atoms with van der Waals surface area (Å²) in [6.45, 7) is 1.91. The first-order chi connectivity index (χ1) is 9.83. The van der Waals surface area contributed by atoms with E-state index in [0.29, 0.717) is 19.4 Å². The van der Waals surface area contributed by atoms with E-state index in [1.807, 2.05) is 0 Å². The van der Waals surface area contributed by atoms with E-state index in [2.05, 4.69) is 5.32 Å². The lowest BCUT2D eigenvalue weighted by molar-refractivity contribution is -0.150. The molecular formula is C14H16F2N2O3. The van der Waals surface area contributed by atoms with Crippen LogP contribution in [0.1, 0.15) is 19.8 Å². The Bertz CT molecular complexity index is 559. The van der Waals surface area contributed by atoms with Crippen LogP contribution in [0.4, 0.5) is 19.3 Å². The lowest BCUT2D eigenvalue weighted by Gasteiger charge is -2.37. The Balaban J connectivity index is 2.12. The first kappa shape index (κ1) is 15.2. The van der Waals surface area contributed by atoms with E-state index in [0.717, 1.165) is 12.1 Å². The molecule has 1 aromatic rings. The maximum absolute atomic E-state index is 13.5. The van der Waals surface area contributed by atoms with Crippen LogP contribution >= 0.6 is 0 Å². The molecule has 0 spiro atoms. The minimum absolute atomic E-state index is 0.00420. The predicted molar refractivity (Wildman–Crippen MR) is 71.9 cm³/mol. The number of carboxylic acid groups (broad SMARTS) is 1. The summed E-state index contributed by atoms with van der Waals surface area (Å²) in [6.07, 6.45) is 0.982. The van der Waals surface area contributed by atoms with E-state index in [9.17, 15) is 23.5 Å². The largest absolute Gasteiger partial charge is 0.481 e. The molecule has 1 heterocycles. The molecule has 0 radical (unpaired) electrons. The highest BCUT2D eigenvalue weighted by atomic mass is 19.1. The number of para-hydroxylation sites is 1. The third-order valence-corrected chi connectivity index (χ3v) is 3.69. The van der Waals surface area contributed by atoms with Gasteiger partial charge in [0.2, 0.25) is 0 Å². The van der Waals surface area contributed by atoms with Crippen LogP contribution in [0, 0.1) is 17.0 Å². The number of carbonyl (C=O) groups is 2. The highest BCUT2D eigenvalue weighted by Gasteiger charge is 2.39. The highest BCUT2D eigenvalue weighted by molar-refractivity contribution is 5.90. The van der Waals surface area contributed by atoms with Crippen LogP contribution in [0.2, 0.25) is 0 Å². The van der Waals surface area contributed by atoms with E-state index >= 15 is 0 Å². The third kappa shape index (κ3) is 3.12. The maximum atomic E-state index is 13.5. The van der Waals surface area contributed by atoms with Crippen molar-refractivity contribution in [1.82, 2.24) is 4.90 Å². The Kier molecular flexibility index (Phi) is 4.11. The van der Waals surface area contributed by atoms with Gasteiger partial charge in [0.1, 0.15) is 17.3 Å². The highest BCUT2D eigenvalue weighted by Crippen LogP contribution is 2.30. The number of aliphatic carboxylic acids is 1. The molecule has 0 aromatic heterocycles. The van der Waals surface area contributed by atoms with Crippen LogP contribution in [0.15, 0.2) is 18.2 Å². The number of nitrogens with zero attached hydrogens (tertiary/aromatic N) is 1. The predicted octanol–water partition coefficient (Wildman–Crippen LogP) is 2.68. The Hall–Kier alpha value is -2.18. The van der Waals surface area contributed by atoms with Crippen LogP contribution in [0.3, 0.4) is 0 Å². The molecule has 1 unspecified atom stereocenters. The second kappa shape index (κ2) is 5.67. The van der Waals surface area contributed by atoms with Crippen molar-refractivity contribution in [2.75, 3.05) is 18.4 Å². The second-order valence-electron chi connectivity index (χ2n) is 5.42. The zero-order valence-corrected chi connectivity index (χ0v) is 11.5. The summed E-state index contributed by atoms with van der Waals surface area (Å²) in [5.41, 5.74) is -1.56. The van der Waals surface area contributed by atoms with Gasteiger partial charge in [0.25, 0.3) is 0 Å². The van der Waals surface area contributed by atoms with Gasteiger partial charge in [-0.3, -0.25) is 4.79 Å². The van der Waals surface area contributed by atoms with Gasteiger partial charge < -0.3 is 15.3 Å². The van der Waals surface area contributed by atoms with Crippen molar-refractivity contribution >= 4 is 17.7 Å². The molecule has 5 nitrogen and oxygen atoms in total. The Morgan fingerprint density at radius 3 is 2.52 bits per heavy atom. The van der Waals surface area contributed by atoms with E-state index in [-0.39, 0.29) is 6.54 Å². The number of anilines is 1. The number of hydrogen-bond donors (Lipinski definition) is 2. The Morgan fingerprint density at radius 2 is 1.95 bits per heavy atom. The van der Waals surface area contributed by atoms with E-state index in [1.165, 1.54) is 11.0 Å². The molecule has 0 saturated carbocycles. The van der Waals surface area contributed by atoms with Gasteiger partial charge in [0.05, 0.1) is 5.41 Å². The van der Waals surface area contributed by atoms with Crippen molar-refractivity contribution in [3.63, 3.8) is 0 Å². The number of benzene rings is 1. The molecule has 0 aliphatic carbocycles. The number of carbonyl (C=O) groups excluding carboxylic acids is 1. The van der Waals surface area contributed by atoms with E-state index in [1.54, 1.807) is 6.92 Å². The minimum atomic E-state index is -1.04. The summed E-state index contributed by atoms with van der Waals surface area (Å²) in [4.78, 5) is 24.6. The molecule has 1 atom stereocenters. The molecule has 1 aromatic carbocycles. The maximum Gasteiger partial charge on any atom is 0.322 e. The Morgan fingerprint density at radius 1 is 1.33 bits per heavy atom. The van der Waals surface area contributed by atoms with Crippen molar-refractivity contribution < 1.29 is 23.5 Å². The number of nitrogens with one attached hydrogen (secondary N) is 1. The summed E-state index contributed by atoms with van der Waals surface area (Å²) >= 11 is 0.